The lowest BCUT2D eigenvalue weighted by Gasteiger charge is -2.15. The van der Waals surface area contributed by atoms with Crippen LogP contribution >= 0.6 is 0 Å². The van der Waals surface area contributed by atoms with Gasteiger partial charge in [0.2, 0.25) is 0 Å². The number of unbranched alkanes of at least 4 members (excludes halogenated alkanes) is 2. The van der Waals surface area contributed by atoms with Crippen molar-refractivity contribution in [3.63, 3.8) is 0 Å². The second-order valence-corrected chi connectivity index (χ2v) is 4.18. The molecule has 0 radical (unpaired) electrons. The smallest absolute Gasteiger partial charge is 0.186 e. The zero-order chi connectivity index (χ0) is 12.8. The number of carbonyl (C=O) groups is 2. The van der Waals surface area contributed by atoms with Crippen LogP contribution in [0.25, 0.3) is 0 Å². The maximum atomic E-state index is 11.7. The van der Waals surface area contributed by atoms with E-state index in [0.717, 1.165) is 19.3 Å². The molecule has 0 aromatic rings. The first-order valence-electron chi connectivity index (χ1n) is 6.00. The average Bonchev–Trinajstić information content (AvgIpc) is 2.58. The first kappa shape index (κ1) is 14.1. The van der Waals surface area contributed by atoms with Crippen LogP contribution in [0.4, 0.5) is 0 Å². The highest BCUT2D eigenvalue weighted by atomic mass is 16.7. The van der Waals surface area contributed by atoms with Gasteiger partial charge < -0.3 is 9.47 Å². The van der Waals surface area contributed by atoms with Crippen molar-refractivity contribution in [3.8, 4) is 0 Å². The van der Waals surface area contributed by atoms with Crippen LogP contribution in [0.2, 0.25) is 0 Å². The molecular formula is C13H20O4. The maximum absolute atomic E-state index is 11.7. The number of hydrogen-bond acceptors (Lipinski definition) is 4. The normalized spacial score (nSPS) is 16.5. The summed E-state index contributed by atoms with van der Waals surface area (Å²) in [6, 6.07) is 0. The first-order valence-corrected chi connectivity index (χ1v) is 6.00. The van der Waals surface area contributed by atoms with E-state index in [4.69, 9.17) is 9.47 Å². The maximum Gasteiger partial charge on any atom is 0.186 e. The van der Waals surface area contributed by atoms with Crippen molar-refractivity contribution in [2.45, 2.75) is 45.3 Å². The molecule has 0 unspecified atom stereocenters. The summed E-state index contributed by atoms with van der Waals surface area (Å²) in [5.41, 5.74) is 1.04. The number of hydrogen-bond donors (Lipinski definition) is 0. The molecule has 0 saturated heterocycles. The third-order valence-electron chi connectivity index (χ3n) is 2.98. The van der Waals surface area contributed by atoms with Gasteiger partial charge in [-0.05, 0) is 12.8 Å². The van der Waals surface area contributed by atoms with E-state index in [1.165, 1.54) is 14.2 Å². The Labute approximate surface area is 102 Å². The summed E-state index contributed by atoms with van der Waals surface area (Å²) < 4.78 is 10.2. The first-order chi connectivity index (χ1) is 8.15. The molecule has 0 atom stereocenters. The second kappa shape index (κ2) is 6.67. The van der Waals surface area contributed by atoms with Crippen molar-refractivity contribution in [2.24, 2.45) is 0 Å². The molecule has 0 N–H and O–H groups in total. The topological polar surface area (TPSA) is 52.6 Å². The van der Waals surface area contributed by atoms with Gasteiger partial charge in [-0.3, -0.25) is 9.59 Å². The third-order valence-corrected chi connectivity index (χ3v) is 2.98. The number of allylic oxidation sites excluding steroid dienone is 1. The molecule has 17 heavy (non-hydrogen) atoms. The van der Waals surface area contributed by atoms with Crippen molar-refractivity contribution < 1.29 is 19.1 Å². The Kier molecular flexibility index (Phi) is 5.51. The quantitative estimate of drug-likeness (QED) is 0.388. The fourth-order valence-corrected chi connectivity index (χ4v) is 2.10. The third kappa shape index (κ3) is 3.23. The van der Waals surface area contributed by atoms with Gasteiger partial charge in [0.15, 0.2) is 17.9 Å². The van der Waals surface area contributed by atoms with E-state index < -0.39 is 6.29 Å². The summed E-state index contributed by atoms with van der Waals surface area (Å²) >= 11 is 0. The minimum atomic E-state index is -0.703. The summed E-state index contributed by atoms with van der Waals surface area (Å²) in [6.45, 7) is 2.10. The summed E-state index contributed by atoms with van der Waals surface area (Å²) in [5, 5.41) is 0. The minimum absolute atomic E-state index is 0.0278. The molecule has 1 aliphatic carbocycles. The molecule has 0 fully saturated rings. The molecule has 0 saturated carbocycles. The highest BCUT2D eigenvalue weighted by molar-refractivity contribution is 6.22. The van der Waals surface area contributed by atoms with Gasteiger partial charge in [0.05, 0.1) is 12.0 Å². The van der Waals surface area contributed by atoms with E-state index in [9.17, 15) is 9.59 Å². The zero-order valence-electron chi connectivity index (χ0n) is 10.7. The van der Waals surface area contributed by atoms with Gasteiger partial charge in [-0.1, -0.05) is 19.8 Å². The molecule has 4 heteroatoms. The molecular weight excluding hydrogens is 220 g/mol. The van der Waals surface area contributed by atoms with Gasteiger partial charge in [-0.15, -0.1) is 0 Å². The lowest BCUT2D eigenvalue weighted by Crippen LogP contribution is -2.20. The summed E-state index contributed by atoms with van der Waals surface area (Å²) in [7, 11) is 2.95. The Balaban J connectivity index is 2.88. The Morgan fingerprint density at radius 1 is 1.12 bits per heavy atom. The molecule has 4 nitrogen and oxygen atoms in total. The van der Waals surface area contributed by atoms with Gasteiger partial charge >= 0.3 is 0 Å². The van der Waals surface area contributed by atoms with E-state index in [0.29, 0.717) is 17.6 Å². The molecule has 96 valence electrons. The van der Waals surface area contributed by atoms with E-state index in [1.807, 2.05) is 0 Å². The molecule has 0 aliphatic heterocycles. The Morgan fingerprint density at radius 2 is 1.76 bits per heavy atom. The van der Waals surface area contributed by atoms with Crippen LogP contribution in [-0.2, 0) is 19.1 Å². The monoisotopic (exact) mass is 240 g/mol. The number of carbonyl (C=O) groups excluding carboxylic acids is 2. The largest absolute Gasteiger partial charge is 0.352 e. The highest BCUT2D eigenvalue weighted by Crippen LogP contribution is 2.28. The lowest BCUT2D eigenvalue weighted by molar-refractivity contribution is -0.124. The number of ketones is 2. The highest BCUT2D eigenvalue weighted by Gasteiger charge is 2.34. The van der Waals surface area contributed by atoms with Crippen molar-refractivity contribution >= 4 is 11.6 Å². The van der Waals surface area contributed by atoms with Gasteiger partial charge in [0.25, 0.3) is 0 Å². The predicted molar refractivity (Wildman–Crippen MR) is 63.6 cm³/mol. The molecule has 0 aromatic heterocycles. The molecule has 0 heterocycles. The average molecular weight is 240 g/mol. The molecule has 0 spiro atoms. The second-order valence-electron chi connectivity index (χ2n) is 4.18. The van der Waals surface area contributed by atoms with Crippen LogP contribution < -0.4 is 0 Å². The standard InChI is InChI=1S/C13H20O4/c1-4-5-6-7-9-10(14)8-11(15)12(9)13(16-2)17-3/h13H,4-8H2,1-3H3. The van der Waals surface area contributed by atoms with E-state index in [-0.39, 0.29) is 18.0 Å². The van der Waals surface area contributed by atoms with Crippen LogP contribution in [0.5, 0.6) is 0 Å². The van der Waals surface area contributed by atoms with Gasteiger partial charge in [-0.2, -0.15) is 0 Å². The molecule has 0 amide bonds. The van der Waals surface area contributed by atoms with E-state index in [2.05, 4.69) is 6.92 Å². The predicted octanol–water partition coefficient (Wildman–Crippen LogP) is 2.02. The Morgan fingerprint density at radius 3 is 2.29 bits per heavy atom. The number of Topliss-reactive ketones (excluding diaryl/α,β-unsaturated/α-hetero) is 2. The van der Waals surface area contributed by atoms with Gasteiger partial charge in [0, 0.05) is 19.8 Å². The summed E-state index contributed by atoms with van der Waals surface area (Å²) in [6.07, 6.45) is 2.99. The van der Waals surface area contributed by atoms with Crippen LogP contribution in [0.15, 0.2) is 11.1 Å². The van der Waals surface area contributed by atoms with Crippen LogP contribution in [0.1, 0.15) is 39.0 Å². The summed E-state index contributed by atoms with van der Waals surface area (Å²) in [4.78, 5) is 23.5. The Hall–Kier alpha value is -1.00. The SMILES string of the molecule is CCCCCC1=C(C(OC)OC)C(=O)CC1=O. The number of rotatable bonds is 7. The van der Waals surface area contributed by atoms with Crippen LogP contribution in [0.3, 0.4) is 0 Å². The van der Waals surface area contributed by atoms with Gasteiger partial charge in [-0.25, -0.2) is 0 Å². The van der Waals surface area contributed by atoms with Crippen molar-refractivity contribution in [3.05, 3.63) is 11.1 Å². The fourth-order valence-electron chi connectivity index (χ4n) is 2.10. The van der Waals surface area contributed by atoms with Crippen molar-refractivity contribution in [1.29, 1.82) is 0 Å². The Bertz CT molecular complexity index is 326. The fraction of sp³-hybridized carbons (Fsp3) is 0.692. The number of ether oxygens (including phenoxy) is 2. The van der Waals surface area contributed by atoms with Gasteiger partial charge in [0.1, 0.15) is 0 Å². The van der Waals surface area contributed by atoms with E-state index in [1.54, 1.807) is 0 Å². The number of methoxy groups -OCH3 is 2. The molecule has 0 aromatic carbocycles. The molecule has 0 bridgehead atoms. The lowest BCUT2D eigenvalue weighted by atomic mass is 10.0. The molecule has 1 aliphatic rings. The van der Waals surface area contributed by atoms with Crippen molar-refractivity contribution in [1.82, 2.24) is 0 Å². The van der Waals surface area contributed by atoms with Crippen LogP contribution in [0, 0.1) is 0 Å². The summed E-state index contributed by atoms with van der Waals surface area (Å²) in [5.74, 6) is -0.226. The molecule has 1 rings (SSSR count). The van der Waals surface area contributed by atoms with Crippen LogP contribution in [-0.4, -0.2) is 32.1 Å². The minimum Gasteiger partial charge on any atom is -0.352 e. The zero-order valence-corrected chi connectivity index (χ0v) is 10.7. The van der Waals surface area contributed by atoms with Crippen molar-refractivity contribution in [2.75, 3.05) is 14.2 Å². The van der Waals surface area contributed by atoms with E-state index >= 15 is 0 Å².